The van der Waals surface area contributed by atoms with Crippen LogP contribution in [0.4, 0.5) is 8.78 Å². The second kappa shape index (κ2) is 4.98. The third-order valence-corrected chi connectivity index (χ3v) is 2.30. The summed E-state index contributed by atoms with van der Waals surface area (Å²) in [5, 5.41) is 0. The zero-order valence-corrected chi connectivity index (χ0v) is 8.47. The van der Waals surface area contributed by atoms with E-state index in [1.807, 2.05) is 0 Å². The van der Waals surface area contributed by atoms with Crippen molar-refractivity contribution in [3.05, 3.63) is 35.4 Å². The van der Waals surface area contributed by atoms with Gasteiger partial charge in [-0.3, -0.25) is 4.79 Å². The minimum Gasteiger partial charge on any atom is -0.330 e. The van der Waals surface area contributed by atoms with Crippen LogP contribution in [0.25, 0.3) is 0 Å². The monoisotopic (exact) mass is 213 g/mol. The van der Waals surface area contributed by atoms with E-state index in [0.717, 1.165) is 6.07 Å². The normalized spacial score (nSPS) is 12.5. The van der Waals surface area contributed by atoms with E-state index < -0.39 is 11.6 Å². The molecule has 0 saturated heterocycles. The van der Waals surface area contributed by atoms with E-state index in [1.54, 1.807) is 6.92 Å². The number of carbonyl (C=O) groups is 1. The van der Waals surface area contributed by atoms with Crippen molar-refractivity contribution in [3.8, 4) is 0 Å². The fourth-order valence-corrected chi connectivity index (χ4v) is 1.18. The molecular formula is C11H13F2NO. The summed E-state index contributed by atoms with van der Waals surface area (Å²) in [7, 11) is 0. The standard InChI is InChI=1S/C11H13F2NO/c1-7(6-14)10(15)5-8-3-2-4-9(12)11(8)13/h2-4,7H,5-6,14H2,1H3. The highest BCUT2D eigenvalue weighted by molar-refractivity contribution is 5.83. The maximum Gasteiger partial charge on any atom is 0.162 e. The molecule has 2 N–H and O–H groups in total. The first-order chi connectivity index (χ1) is 7.06. The van der Waals surface area contributed by atoms with Crippen LogP contribution in [-0.4, -0.2) is 12.3 Å². The molecule has 15 heavy (non-hydrogen) atoms. The van der Waals surface area contributed by atoms with Crippen LogP contribution >= 0.6 is 0 Å². The minimum absolute atomic E-state index is 0.0836. The van der Waals surface area contributed by atoms with Gasteiger partial charge in [-0.05, 0) is 11.6 Å². The van der Waals surface area contributed by atoms with E-state index in [-0.39, 0.29) is 30.2 Å². The number of halogens is 2. The highest BCUT2D eigenvalue weighted by atomic mass is 19.2. The summed E-state index contributed by atoms with van der Waals surface area (Å²) in [4.78, 5) is 11.4. The van der Waals surface area contributed by atoms with E-state index in [9.17, 15) is 13.6 Å². The number of benzene rings is 1. The maximum atomic E-state index is 13.2. The molecule has 0 amide bonds. The molecule has 0 aliphatic heterocycles. The van der Waals surface area contributed by atoms with Crippen LogP contribution < -0.4 is 5.73 Å². The molecule has 1 unspecified atom stereocenters. The molecule has 0 fully saturated rings. The van der Waals surface area contributed by atoms with Crippen molar-refractivity contribution in [2.45, 2.75) is 13.3 Å². The van der Waals surface area contributed by atoms with Gasteiger partial charge in [-0.1, -0.05) is 19.1 Å². The Morgan fingerprint density at radius 2 is 2.13 bits per heavy atom. The summed E-state index contributed by atoms with van der Waals surface area (Å²) in [5.41, 5.74) is 5.39. The smallest absolute Gasteiger partial charge is 0.162 e. The van der Waals surface area contributed by atoms with Gasteiger partial charge in [0.15, 0.2) is 11.6 Å². The number of hydrogen-bond donors (Lipinski definition) is 1. The summed E-state index contributed by atoms with van der Waals surface area (Å²) in [6.07, 6.45) is -0.109. The van der Waals surface area contributed by atoms with Gasteiger partial charge in [0.25, 0.3) is 0 Å². The topological polar surface area (TPSA) is 43.1 Å². The molecule has 4 heteroatoms. The molecule has 82 valence electrons. The highest BCUT2D eigenvalue weighted by Gasteiger charge is 2.15. The second-order valence-electron chi connectivity index (χ2n) is 3.49. The van der Waals surface area contributed by atoms with Gasteiger partial charge in [0.2, 0.25) is 0 Å². The molecule has 1 rings (SSSR count). The van der Waals surface area contributed by atoms with Crippen LogP contribution in [0.2, 0.25) is 0 Å². The number of nitrogens with two attached hydrogens (primary N) is 1. The Balaban J connectivity index is 2.81. The summed E-state index contributed by atoms with van der Waals surface area (Å²) in [6.45, 7) is 1.88. The van der Waals surface area contributed by atoms with Crippen LogP contribution in [0.3, 0.4) is 0 Å². The molecule has 0 saturated carbocycles. The van der Waals surface area contributed by atoms with Crippen molar-refractivity contribution >= 4 is 5.78 Å². The lowest BCUT2D eigenvalue weighted by Crippen LogP contribution is -2.22. The van der Waals surface area contributed by atoms with Gasteiger partial charge in [-0.2, -0.15) is 0 Å². The number of Topliss-reactive ketones (excluding diaryl/α,β-unsaturated/α-hetero) is 1. The number of hydrogen-bond acceptors (Lipinski definition) is 2. The number of rotatable bonds is 4. The van der Waals surface area contributed by atoms with Gasteiger partial charge in [-0.15, -0.1) is 0 Å². The molecule has 0 aromatic heterocycles. The first kappa shape index (κ1) is 11.8. The Hall–Kier alpha value is -1.29. The third kappa shape index (κ3) is 2.83. The fourth-order valence-electron chi connectivity index (χ4n) is 1.18. The van der Waals surface area contributed by atoms with E-state index in [0.29, 0.717) is 0 Å². The van der Waals surface area contributed by atoms with E-state index >= 15 is 0 Å². The van der Waals surface area contributed by atoms with Gasteiger partial charge in [0, 0.05) is 18.9 Å². The molecular weight excluding hydrogens is 200 g/mol. The van der Waals surface area contributed by atoms with Crippen molar-refractivity contribution in [3.63, 3.8) is 0 Å². The van der Waals surface area contributed by atoms with Crippen LogP contribution in [0.1, 0.15) is 12.5 Å². The molecule has 0 spiro atoms. The Bertz CT molecular complexity index is 366. The molecule has 0 bridgehead atoms. The van der Waals surface area contributed by atoms with E-state index in [4.69, 9.17) is 5.73 Å². The highest BCUT2D eigenvalue weighted by Crippen LogP contribution is 2.13. The van der Waals surface area contributed by atoms with Crippen molar-refractivity contribution in [1.29, 1.82) is 0 Å². The van der Waals surface area contributed by atoms with Crippen LogP contribution in [0.5, 0.6) is 0 Å². The van der Waals surface area contributed by atoms with Crippen LogP contribution in [0, 0.1) is 17.6 Å². The van der Waals surface area contributed by atoms with E-state index in [2.05, 4.69) is 0 Å². The molecule has 0 aliphatic rings. The average molecular weight is 213 g/mol. The largest absolute Gasteiger partial charge is 0.330 e. The van der Waals surface area contributed by atoms with Gasteiger partial charge in [0.05, 0.1) is 0 Å². The number of ketones is 1. The van der Waals surface area contributed by atoms with Gasteiger partial charge in [-0.25, -0.2) is 8.78 Å². The van der Waals surface area contributed by atoms with Crippen molar-refractivity contribution < 1.29 is 13.6 Å². The fraction of sp³-hybridized carbons (Fsp3) is 0.364. The predicted molar refractivity (Wildman–Crippen MR) is 53.3 cm³/mol. The van der Waals surface area contributed by atoms with Crippen LogP contribution in [0.15, 0.2) is 18.2 Å². The van der Waals surface area contributed by atoms with E-state index in [1.165, 1.54) is 12.1 Å². The third-order valence-electron chi connectivity index (χ3n) is 2.30. The quantitative estimate of drug-likeness (QED) is 0.826. The summed E-state index contributed by atoms with van der Waals surface area (Å²) < 4.78 is 26.0. The lowest BCUT2D eigenvalue weighted by molar-refractivity contribution is -0.121. The molecule has 0 aliphatic carbocycles. The zero-order chi connectivity index (χ0) is 11.4. The Morgan fingerprint density at radius 3 is 2.73 bits per heavy atom. The molecule has 0 radical (unpaired) electrons. The van der Waals surface area contributed by atoms with Crippen molar-refractivity contribution in [2.24, 2.45) is 11.7 Å². The van der Waals surface area contributed by atoms with Crippen molar-refractivity contribution in [2.75, 3.05) is 6.54 Å². The summed E-state index contributed by atoms with van der Waals surface area (Å²) in [5.74, 6) is -2.38. The summed E-state index contributed by atoms with van der Waals surface area (Å²) >= 11 is 0. The van der Waals surface area contributed by atoms with Crippen LogP contribution in [-0.2, 0) is 11.2 Å². The predicted octanol–water partition coefficient (Wildman–Crippen LogP) is 1.67. The molecule has 1 aromatic carbocycles. The SMILES string of the molecule is CC(CN)C(=O)Cc1cccc(F)c1F. The van der Waals surface area contributed by atoms with Crippen molar-refractivity contribution in [1.82, 2.24) is 0 Å². The lowest BCUT2D eigenvalue weighted by atomic mass is 9.99. The molecule has 1 aromatic rings. The van der Waals surface area contributed by atoms with Gasteiger partial charge < -0.3 is 5.73 Å². The zero-order valence-electron chi connectivity index (χ0n) is 8.47. The average Bonchev–Trinajstić information content (AvgIpc) is 2.23. The van der Waals surface area contributed by atoms with Gasteiger partial charge >= 0.3 is 0 Å². The minimum atomic E-state index is -0.949. The Morgan fingerprint density at radius 1 is 1.47 bits per heavy atom. The maximum absolute atomic E-state index is 13.2. The molecule has 0 heterocycles. The first-order valence-electron chi connectivity index (χ1n) is 4.72. The Kier molecular flexibility index (Phi) is 3.91. The second-order valence-corrected chi connectivity index (χ2v) is 3.49. The summed E-state index contributed by atoms with van der Waals surface area (Å²) in [6, 6.07) is 3.81. The molecule has 1 atom stereocenters. The first-order valence-corrected chi connectivity index (χ1v) is 4.72. The number of carbonyl (C=O) groups excluding carboxylic acids is 1. The van der Waals surface area contributed by atoms with Gasteiger partial charge in [0.1, 0.15) is 5.78 Å². The molecule has 2 nitrogen and oxygen atoms in total. The lowest BCUT2D eigenvalue weighted by Gasteiger charge is -2.07. The Labute approximate surface area is 87.1 Å².